The van der Waals surface area contributed by atoms with Crippen molar-refractivity contribution in [3.05, 3.63) is 60.3 Å². The van der Waals surface area contributed by atoms with E-state index in [9.17, 15) is 8.42 Å². The predicted octanol–water partition coefficient (Wildman–Crippen LogP) is 3.88. The largest absolute Gasteiger partial charge is 0.296 e. The molecule has 0 spiro atoms. The van der Waals surface area contributed by atoms with E-state index in [1.807, 2.05) is 11.6 Å². The summed E-state index contributed by atoms with van der Waals surface area (Å²) in [7, 11) is -3.71. The van der Waals surface area contributed by atoms with Crippen LogP contribution in [0.15, 0.2) is 53.9 Å². The van der Waals surface area contributed by atoms with Crippen molar-refractivity contribution in [2.24, 2.45) is 5.92 Å². The van der Waals surface area contributed by atoms with Crippen LogP contribution in [0.25, 0.3) is 11.3 Å². The molecule has 156 valence electrons. The second-order valence-electron chi connectivity index (χ2n) is 8.32. The molecule has 0 N–H and O–H groups in total. The Labute approximate surface area is 176 Å². The second kappa shape index (κ2) is 7.59. The van der Waals surface area contributed by atoms with E-state index < -0.39 is 10.1 Å². The zero-order valence-electron chi connectivity index (χ0n) is 16.8. The first-order valence-corrected chi connectivity index (χ1v) is 11.7. The lowest BCUT2D eigenvalue weighted by Crippen LogP contribution is -2.31. The minimum absolute atomic E-state index is 0.207. The van der Waals surface area contributed by atoms with Crippen LogP contribution >= 0.6 is 0 Å². The molecule has 30 heavy (non-hydrogen) atoms. The normalized spacial score (nSPS) is 21.4. The van der Waals surface area contributed by atoms with Gasteiger partial charge < -0.3 is 0 Å². The van der Waals surface area contributed by atoms with Crippen LogP contribution in [-0.2, 0) is 14.3 Å². The van der Waals surface area contributed by atoms with Crippen molar-refractivity contribution in [2.75, 3.05) is 6.61 Å². The second-order valence-corrected chi connectivity index (χ2v) is 9.93. The van der Waals surface area contributed by atoms with Gasteiger partial charge in [0, 0.05) is 30.1 Å². The fourth-order valence-corrected chi connectivity index (χ4v) is 4.87. The number of hydrogen-bond donors (Lipinski definition) is 0. The molecule has 0 amide bonds. The van der Waals surface area contributed by atoms with E-state index >= 15 is 0 Å². The highest BCUT2D eigenvalue weighted by Crippen LogP contribution is 2.45. The summed E-state index contributed by atoms with van der Waals surface area (Å²) in [5.74, 6) is 0.728. The monoisotopic (exact) mass is 424 g/mol. The quantitative estimate of drug-likeness (QED) is 0.535. The molecule has 0 radical (unpaired) electrons. The molecule has 2 heterocycles. The molecule has 1 aromatic carbocycles. The highest BCUT2D eigenvalue weighted by Gasteiger charge is 2.36. The van der Waals surface area contributed by atoms with E-state index in [1.165, 1.54) is 12.8 Å². The van der Waals surface area contributed by atoms with Crippen LogP contribution < -0.4 is 0 Å². The third kappa shape index (κ3) is 3.89. The Bertz CT molecular complexity index is 1130. The van der Waals surface area contributed by atoms with Crippen LogP contribution in [0, 0.1) is 12.8 Å². The van der Waals surface area contributed by atoms with Gasteiger partial charge in [0.05, 0.1) is 35.1 Å². The van der Waals surface area contributed by atoms with Crippen molar-refractivity contribution >= 4 is 10.1 Å². The maximum atomic E-state index is 12.4. The van der Waals surface area contributed by atoms with Crippen LogP contribution in [-0.4, -0.2) is 34.8 Å². The molecule has 2 aliphatic rings. The lowest BCUT2D eigenvalue weighted by molar-refractivity contribution is 0.120. The Balaban J connectivity index is 1.22. The summed E-state index contributed by atoms with van der Waals surface area (Å²) in [6.45, 7) is 2.13. The summed E-state index contributed by atoms with van der Waals surface area (Å²) in [5.41, 5.74) is 4.04. The molecular formula is C22H24N4O3S. The molecule has 2 aromatic heterocycles. The third-order valence-corrected chi connectivity index (χ3v) is 7.21. The highest BCUT2D eigenvalue weighted by molar-refractivity contribution is 7.86. The Hall–Kier alpha value is -2.58. The molecule has 0 aliphatic heterocycles. The van der Waals surface area contributed by atoms with Gasteiger partial charge in [0.2, 0.25) is 0 Å². The molecular weight excluding hydrogens is 400 g/mol. The molecule has 2 aliphatic carbocycles. The maximum absolute atomic E-state index is 12.4. The first-order chi connectivity index (χ1) is 14.5. The van der Waals surface area contributed by atoms with Gasteiger partial charge in [-0.3, -0.25) is 18.8 Å². The summed E-state index contributed by atoms with van der Waals surface area (Å²) in [5, 5.41) is 4.86. The van der Waals surface area contributed by atoms with E-state index in [0.717, 1.165) is 35.4 Å². The Morgan fingerprint density at radius 2 is 1.90 bits per heavy atom. The van der Waals surface area contributed by atoms with Gasteiger partial charge in [-0.05, 0) is 50.7 Å². The lowest BCUT2D eigenvalue weighted by atomic mass is 9.81. The SMILES string of the molecule is Cc1ccc(S(=O)(=O)OCC2CC(n3cc(-c4cnccn4)c(C4CC4)n3)C2)cc1. The topological polar surface area (TPSA) is 87.0 Å². The van der Waals surface area contributed by atoms with Gasteiger partial charge in [0.15, 0.2) is 0 Å². The molecule has 2 fully saturated rings. The highest BCUT2D eigenvalue weighted by atomic mass is 32.2. The third-order valence-electron chi connectivity index (χ3n) is 5.92. The average molecular weight is 425 g/mol. The molecule has 8 heteroatoms. The van der Waals surface area contributed by atoms with Crippen molar-refractivity contribution in [1.82, 2.24) is 19.7 Å². The van der Waals surface area contributed by atoms with Gasteiger partial charge in [0.25, 0.3) is 10.1 Å². The molecule has 0 atom stereocenters. The zero-order chi connectivity index (χ0) is 20.7. The van der Waals surface area contributed by atoms with E-state index in [-0.39, 0.29) is 23.5 Å². The minimum atomic E-state index is -3.71. The molecule has 0 saturated heterocycles. The van der Waals surface area contributed by atoms with Gasteiger partial charge in [-0.2, -0.15) is 13.5 Å². The van der Waals surface area contributed by atoms with E-state index in [1.54, 1.807) is 42.9 Å². The number of benzene rings is 1. The van der Waals surface area contributed by atoms with Crippen LogP contribution in [0.5, 0.6) is 0 Å². The molecule has 2 saturated carbocycles. The average Bonchev–Trinajstić information content (AvgIpc) is 3.47. The smallest absolute Gasteiger partial charge is 0.269 e. The summed E-state index contributed by atoms with van der Waals surface area (Å²) in [6, 6.07) is 7.00. The van der Waals surface area contributed by atoms with E-state index in [0.29, 0.717) is 5.92 Å². The fourth-order valence-electron chi connectivity index (χ4n) is 3.90. The Morgan fingerprint density at radius 3 is 2.57 bits per heavy atom. The number of aromatic nitrogens is 4. The van der Waals surface area contributed by atoms with Crippen molar-refractivity contribution in [2.45, 2.75) is 49.5 Å². The van der Waals surface area contributed by atoms with E-state index in [2.05, 4.69) is 16.2 Å². The molecule has 0 unspecified atom stereocenters. The predicted molar refractivity (Wildman–Crippen MR) is 111 cm³/mol. The number of nitrogens with zero attached hydrogens (tertiary/aromatic N) is 4. The van der Waals surface area contributed by atoms with Gasteiger partial charge in [-0.25, -0.2) is 0 Å². The van der Waals surface area contributed by atoms with Crippen molar-refractivity contribution in [3.8, 4) is 11.3 Å². The first kappa shape index (κ1) is 19.4. The van der Waals surface area contributed by atoms with Crippen LogP contribution in [0.1, 0.15) is 48.9 Å². The number of hydrogen-bond acceptors (Lipinski definition) is 6. The Morgan fingerprint density at radius 1 is 1.13 bits per heavy atom. The first-order valence-electron chi connectivity index (χ1n) is 10.3. The fraction of sp³-hybridized carbons (Fsp3) is 0.409. The lowest BCUT2D eigenvalue weighted by Gasteiger charge is -2.34. The summed E-state index contributed by atoms with van der Waals surface area (Å²) < 4.78 is 32.1. The van der Waals surface area contributed by atoms with E-state index in [4.69, 9.17) is 9.28 Å². The number of aryl methyl sites for hydroxylation is 1. The van der Waals surface area contributed by atoms with Crippen molar-refractivity contribution in [3.63, 3.8) is 0 Å². The van der Waals surface area contributed by atoms with Gasteiger partial charge in [0.1, 0.15) is 0 Å². The van der Waals surface area contributed by atoms with Gasteiger partial charge >= 0.3 is 0 Å². The molecule has 3 aromatic rings. The van der Waals surface area contributed by atoms with Crippen molar-refractivity contribution in [1.29, 1.82) is 0 Å². The summed E-state index contributed by atoms with van der Waals surface area (Å²) in [4.78, 5) is 8.83. The number of rotatable bonds is 7. The van der Waals surface area contributed by atoms with Gasteiger partial charge in [-0.1, -0.05) is 17.7 Å². The zero-order valence-corrected chi connectivity index (χ0v) is 17.6. The van der Waals surface area contributed by atoms with Crippen LogP contribution in [0.3, 0.4) is 0 Å². The minimum Gasteiger partial charge on any atom is -0.269 e. The van der Waals surface area contributed by atoms with Crippen LogP contribution in [0.4, 0.5) is 0 Å². The summed E-state index contributed by atoms with van der Waals surface area (Å²) in [6.07, 6.45) is 11.3. The standard InChI is InChI=1S/C22H24N4O3S/c1-15-2-6-19(7-3-15)30(27,28)29-14-16-10-18(11-16)26-13-20(21-12-23-8-9-24-21)22(25-26)17-4-5-17/h2-3,6-9,12-13,16-18H,4-5,10-11,14H2,1H3. The molecule has 0 bridgehead atoms. The van der Waals surface area contributed by atoms with Gasteiger partial charge in [-0.15, -0.1) is 0 Å². The Kier molecular flexibility index (Phi) is 4.91. The molecule has 5 rings (SSSR count). The summed E-state index contributed by atoms with van der Waals surface area (Å²) >= 11 is 0. The molecule has 7 nitrogen and oxygen atoms in total. The van der Waals surface area contributed by atoms with Crippen molar-refractivity contribution < 1.29 is 12.6 Å². The van der Waals surface area contributed by atoms with Crippen LogP contribution in [0.2, 0.25) is 0 Å². The maximum Gasteiger partial charge on any atom is 0.296 e.